The highest BCUT2D eigenvalue weighted by molar-refractivity contribution is 6.31. The van der Waals surface area contributed by atoms with Crippen LogP contribution < -0.4 is 4.74 Å². The number of carbonyl (C=O) groups excluding carboxylic acids is 1. The molecule has 0 unspecified atom stereocenters. The molecular weight excluding hydrogens is 269 g/mol. The molecule has 0 bridgehead atoms. The molecule has 0 aromatic heterocycles. The lowest BCUT2D eigenvalue weighted by Crippen LogP contribution is -2.10. The molecule has 0 atom stereocenters. The Morgan fingerprint density at radius 1 is 1.39 bits per heavy atom. The second kappa shape index (κ2) is 6.09. The molecule has 0 saturated heterocycles. The molecule has 100 valence electrons. The summed E-state index contributed by atoms with van der Waals surface area (Å²) in [5.74, 6) is 0.0115. The first-order chi connectivity index (χ1) is 8.29. The van der Waals surface area contributed by atoms with E-state index in [9.17, 15) is 18.0 Å². The van der Waals surface area contributed by atoms with Crippen LogP contribution in [0.3, 0.4) is 0 Å². The van der Waals surface area contributed by atoms with Crippen molar-refractivity contribution in [1.29, 1.82) is 0 Å². The molecule has 0 spiro atoms. The summed E-state index contributed by atoms with van der Waals surface area (Å²) in [6.45, 7) is 1.25. The number of hydrogen-bond donors (Lipinski definition) is 0. The first-order valence-electron chi connectivity index (χ1n) is 5.29. The van der Waals surface area contributed by atoms with Crippen molar-refractivity contribution in [2.24, 2.45) is 0 Å². The molecule has 0 radical (unpaired) electrons. The van der Waals surface area contributed by atoms with Crippen LogP contribution in [0.4, 0.5) is 13.2 Å². The Balaban J connectivity index is 2.59. The molecule has 0 aliphatic heterocycles. The van der Waals surface area contributed by atoms with Crippen LogP contribution in [-0.2, 0) is 0 Å². The lowest BCUT2D eigenvalue weighted by molar-refractivity contribution is -0.136. The molecule has 0 aliphatic carbocycles. The SMILES string of the molecule is CC(=O)c1cc(Cl)ccc1OCCCC(F)(F)F. The molecular formula is C12H12ClF3O2. The van der Waals surface area contributed by atoms with Crippen LogP contribution >= 0.6 is 11.6 Å². The minimum Gasteiger partial charge on any atom is -0.493 e. The molecule has 2 nitrogen and oxygen atoms in total. The maximum Gasteiger partial charge on any atom is 0.389 e. The number of hydrogen-bond acceptors (Lipinski definition) is 2. The molecule has 0 heterocycles. The van der Waals surface area contributed by atoms with E-state index in [0.29, 0.717) is 5.02 Å². The van der Waals surface area contributed by atoms with Crippen molar-refractivity contribution in [2.45, 2.75) is 25.9 Å². The predicted octanol–water partition coefficient (Wildman–Crippen LogP) is 4.26. The number of rotatable bonds is 5. The van der Waals surface area contributed by atoms with E-state index in [0.717, 1.165) is 0 Å². The molecule has 0 fully saturated rings. The Bertz CT molecular complexity index is 430. The highest BCUT2D eigenvalue weighted by Crippen LogP contribution is 2.25. The molecule has 1 aromatic carbocycles. The van der Waals surface area contributed by atoms with E-state index in [1.54, 1.807) is 0 Å². The van der Waals surface area contributed by atoms with Crippen molar-refractivity contribution < 1.29 is 22.7 Å². The number of benzene rings is 1. The lowest BCUT2D eigenvalue weighted by atomic mass is 10.1. The second-order valence-corrected chi connectivity index (χ2v) is 4.20. The van der Waals surface area contributed by atoms with Gasteiger partial charge in [-0.15, -0.1) is 0 Å². The summed E-state index contributed by atoms with van der Waals surface area (Å²) in [5.41, 5.74) is 0.273. The molecule has 0 saturated carbocycles. The van der Waals surface area contributed by atoms with Gasteiger partial charge in [-0.3, -0.25) is 4.79 Å². The molecule has 0 aliphatic rings. The Kier molecular flexibility index (Phi) is 5.02. The van der Waals surface area contributed by atoms with E-state index in [2.05, 4.69) is 0 Å². The zero-order chi connectivity index (χ0) is 13.8. The average molecular weight is 281 g/mol. The van der Waals surface area contributed by atoms with Gasteiger partial charge in [0.15, 0.2) is 5.78 Å². The zero-order valence-corrected chi connectivity index (χ0v) is 10.4. The van der Waals surface area contributed by atoms with Gasteiger partial charge in [0.05, 0.1) is 12.2 Å². The van der Waals surface area contributed by atoms with Gasteiger partial charge in [0.1, 0.15) is 5.75 Å². The topological polar surface area (TPSA) is 26.3 Å². The first-order valence-corrected chi connectivity index (χ1v) is 5.67. The van der Waals surface area contributed by atoms with E-state index >= 15 is 0 Å². The van der Waals surface area contributed by atoms with Crippen LogP contribution in [0.25, 0.3) is 0 Å². The summed E-state index contributed by atoms with van der Waals surface area (Å²) >= 11 is 5.73. The van der Waals surface area contributed by atoms with Gasteiger partial charge in [-0.1, -0.05) is 11.6 Å². The zero-order valence-electron chi connectivity index (χ0n) is 9.68. The van der Waals surface area contributed by atoms with E-state index in [4.69, 9.17) is 16.3 Å². The van der Waals surface area contributed by atoms with Crippen molar-refractivity contribution in [3.63, 3.8) is 0 Å². The van der Waals surface area contributed by atoms with Gasteiger partial charge in [-0.05, 0) is 31.5 Å². The molecule has 1 rings (SSSR count). The molecule has 0 N–H and O–H groups in total. The van der Waals surface area contributed by atoms with E-state index < -0.39 is 12.6 Å². The first kappa shape index (κ1) is 14.8. The van der Waals surface area contributed by atoms with Crippen LogP contribution in [-0.4, -0.2) is 18.6 Å². The van der Waals surface area contributed by atoms with Crippen molar-refractivity contribution in [3.05, 3.63) is 28.8 Å². The number of halogens is 4. The lowest BCUT2D eigenvalue weighted by Gasteiger charge is -2.11. The second-order valence-electron chi connectivity index (χ2n) is 3.76. The van der Waals surface area contributed by atoms with Gasteiger partial charge in [0.25, 0.3) is 0 Å². The largest absolute Gasteiger partial charge is 0.493 e. The van der Waals surface area contributed by atoms with Crippen LogP contribution in [0.15, 0.2) is 18.2 Å². The highest BCUT2D eigenvalue weighted by atomic mass is 35.5. The molecule has 1 aromatic rings. The van der Waals surface area contributed by atoms with Crippen LogP contribution in [0.2, 0.25) is 5.02 Å². The summed E-state index contributed by atoms with van der Waals surface area (Å²) in [7, 11) is 0. The van der Waals surface area contributed by atoms with Crippen molar-refractivity contribution in [1.82, 2.24) is 0 Å². The number of carbonyl (C=O) groups is 1. The Hall–Kier alpha value is -1.23. The third-order valence-corrected chi connectivity index (χ3v) is 2.42. The minimum absolute atomic E-state index is 0.0958. The molecule has 18 heavy (non-hydrogen) atoms. The van der Waals surface area contributed by atoms with Crippen LogP contribution in [0.1, 0.15) is 30.1 Å². The number of Topliss-reactive ketones (excluding diaryl/α,β-unsaturated/α-hetero) is 1. The predicted molar refractivity (Wildman–Crippen MR) is 62.2 cm³/mol. The maximum atomic E-state index is 11.9. The highest BCUT2D eigenvalue weighted by Gasteiger charge is 2.26. The third-order valence-electron chi connectivity index (χ3n) is 2.18. The maximum absolute atomic E-state index is 11.9. The quantitative estimate of drug-likeness (QED) is 0.595. The standard InChI is InChI=1S/C12H12ClF3O2/c1-8(17)10-7-9(13)3-4-11(10)18-6-2-5-12(14,15)16/h3-4,7H,2,5-6H2,1H3. The minimum atomic E-state index is -4.19. The van der Waals surface area contributed by atoms with Gasteiger partial charge in [-0.2, -0.15) is 13.2 Å². The summed E-state index contributed by atoms with van der Waals surface area (Å²) in [6.07, 6.45) is -5.24. The third kappa shape index (κ3) is 4.96. The van der Waals surface area contributed by atoms with Crippen LogP contribution in [0.5, 0.6) is 5.75 Å². The Morgan fingerprint density at radius 3 is 2.61 bits per heavy atom. The Labute approximate surface area is 108 Å². The van der Waals surface area contributed by atoms with Crippen molar-refractivity contribution >= 4 is 17.4 Å². The normalized spacial score (nSPS) is 11.4. The van der Waals surface area contributed by atoms with Gasteiger partial charge < -0.3 is 4.74 Å². The number of ether oxygens (including phenoxy) is 1. The summed E-state index contributed by atoms with van der Waals surface area (Å²) < 4.78 is 40.9. The molecule has 0 amide bonds. The Morgan fingerprint density at radius 2 is 2.06 bits per heavy atom. The van der Waals surface area contributed by atoms with Gasteiger partial charge in [-0.25, -0.2) is 0 Å². The fraction of sp³-hybridized carbons (Fsp3) is 0.417. The molecule has 6 heteroatoms. The van der Waals surface area contributed by atoms with Crippen molar-refractivity contribution in [2.75, 3.05) is 6.61 Å². The summed E-state index contributed by atoms with van der Waals surface area (Å²) in [4.78, 5) is 11.3. The van der Waals surface area contributed by atoms with Crippen LogP contribution in [0, 0.1) is 0 Å². The number of ketones is 1. The van der Waals surface area contributed by atoms with Crippen molar-refractivity contribution in [3.8, 4) is 5.75 Å². The fourth-order valence-corrected chi connectivity index (χ4v) is 1.53. The monoisotopic (exact) mass is 280 g/mol. The van der Waals surface area contributed by atoms with Gasteiger partial charge in [0.2, 0.25) is 0 Å². The summed E-state index contributed by atoms with van der Waals surface area (Å²) in [6, 6.07) is 4.43. The fourth-order valence-electron chi connectivity index (χ4n) is 1.36. The number of alkyl halides is 3. The van der Waals surface area contributed by atoms with Gasteiger partial charge in [0, 0.05) is 11.4 Å². The van der Waals surface area contributed by atoms with E-state index in [1.807, 2.05) is 0 Å². The van der Waals surface area contributed by atoms with E-state index in [-0.39, 0.29) is 30.1 Å². The van der Waals surface area contributed by atoms with Gasteiger partial charge >= 0.3 is 6.18 Å². The summed E-state index contributed by atoms with van der Waals surface area (Å²) in [5, 5.41) is 0.378. The smallest absolute Gasteiger partial charge is 0.389 e. The average Bonchev–Trinajstić information content (AvgIpc) is 2.24. The van der Waals surface area contributed by atoms with E-state index in [1.165, 1.54) is 25.1 Å².